The molecule has 2 rings (SSSR count). The quantitative estimate of drug-likeness (QED) is 0.811. The van der Waals surface area contributed by atoms with E-state index in [2.05, 4.69) is 5.32 Å². The fraction of sp³-hybridized carbons (Fsp3) is 0.625. The van der Waals surface area contributed by atoms with E-state index in [1.54, 1.807) is 6.92 Å². The molecule has 3 nitrogen and oxygen atoms in total. The average molecular weight is 298 g/mol. The molecule has 1 saturated carbocycles. The zero-order valence-electron chi connectivity index (χ0n) is 12.4. The predicted octanol–water partition coefficient (Wildman–Crippen LogP) is 3.38. The number of aliphatic hydroxyl groups is 1. The molecule has 20 heavy (non-hydrogen) atoms. The summed E-state index contributed by atoms with van der Waals surface area (Å²) < 4.78 is 5.82. The van der Waals surface area contributed by atoms with Crippen molar-refractivity contribution in [2.75, 3.05) is 6.61 Å². The summed E-state index contributed by atoms with van der Waals surface area (Å²) in [6.07, 6.45) is 2.50. The van der Waals surface area contributed by atoms with Crippen LogP contribution in [-0.4, -0.2) is 23.4 Å². The zero-order chi connectivity index (χ0) is 14.8. The number of benzene rings is 1. The van der Waals surface area contributed by atoms with Crippen molar-refractivity contribution in [2.45, 2.75) is 51.8 Å². The Bertz CT molecular complexity index is 456. The van der Waals surface area contributed by atoms with Crippen LogP contribution in [0.1, 0.15) is 39.2 Å². The summed E-state index contributed by atoms with van der Waals surface area (Å²) in [7, 11) is 0. The van der Waals surface area contributed by atoms with Crippen molar-refractivity contribution in [1.82, 2.24) is 5.32 Å². The lowest BCUT2D eigenvalue weighted by atomic mass is 9.94. The Labute approximate surface area is 126 Å². The van der Waals surface area contributed by atoms with Gasteiger partial charge in [-0.3, -0.25) is 0 Å². The van der Waals surface area contributed by atoms with Gasteiger partial charge in [-0.05, 0) is 31.7 Å². The first-order valence-electron chi connectivity index (χ1n) is 7.26. The molecule has 0 aromatic heterocycles. The van der Waals surface area contributed by atoms with E-state index in [-0.39, 0.29) is 12.5 Å². The minimum absolute atomic E-state index is 0.123. The molecule has 1 unspecified atom stereocenters. The van der Waals surface area contributed by atoms with Crippen LogP contribution in [0.3, 0.4) is 0 Å². The van der Waals surface area contributed by atoms with Gasteiger partial charge in [0.05, 0.1) is 10.6 Å². The normalized spacial score (nSPS) is 18.1. The summed E-state index contributed by atoms with van der Waals surface area (Å²) in [6.45, 7) is 6.74. The van der Waals surface area contributed by atoms with Crippen molar-refractivity contribution in [3.63, 3.8) is 0 Å². The molecule has 0 amide bonds. The highest BCUT2D eigenvalue weighted by atomic mass is 35.5. The summed E-state index contributed by atoms with van der Waals surface area (Å²) in [5.41, 5.74) is 0.185. The fourth-order valence-corrected chi connectivity index (χ4v) is 2.03. The minimum atomic E-state index is -0.861. The lowest BCUT2D eigenvalue weighted by Crippen LogP contribution is -2.38. The molecule has 4 heteroatoms. The highest BCUT2D eigenvalue weighted by Gasteiger charge is 2.27. The topological polar surface area (TPSA) is 41.5 Å². The molecule has 0 heterocycles. The lowest BCUT2D eigenvalue weighted by Gasteiger charge is -2.28. The van der Waals surface area contributed by atoms with Crippen molar-refractivity contribution < 1.29 is 9.84 Å². The number of para-hydroxylation sites is 1. The van der Waals surface area contributed by atoms with Gasteiger partial charge in [0.2, 0.25) is 0 Å². The lowest BCUT2D eigenvalue weighted by molar-refractivity contribution is -0.0268. The van der Waals surface area contributed by atoms with Crippen LogP contribution in [0.5, 0.6) is 5.75 Å². The largest absolute Gasteiger partial charge is 0.489 e. The van der Waals surface area contributed by atoms with Crippen LogP contribution in [0.25, 0.3) is 0 Å². The van der Waals surface area contributed by atoms with Crippen LogP contribution in [0.15, 0.2) is 18.2 Å². The van der Waals surface area contributed by atoms with Gasteiger partial charge in [0, 0.05) is 18.2 Å². The van der Waals surface area contributed by atoms with Gasteiger partial charge >= 0.3 is 0 Å². The third-order valence-corrected chi connectivity index (χ3v) is 4.26. The second-order valence-electron chi connectivity index (χ2n) is 6.18. The Morgan fingerprint density at radius 1 is 1.45 bits per heavy atom. The zero-order valence-corrected chi connectivity index (χ0v) is 13.2. The summed E-state index contributed by atoms with van der Waals surface area (Å²) in [6, 6.07) is 6.41. The van der Waals surface area contributed by atoms with E-state index < -0.39 is 5.60 Å². The molecule has 1 aliphatic rings. The molecular formula is C16H24ClNO2. The molecule has 1 fully saturated rings. The molecule has 1 aliphatic carbocycles. The Kier molecular flexibility index (Phi) is 4.95. The van der Waals surface area contributed by atoms with Crippen LogP contribution in [-0.2, 0) is 6.54 Å². The van der Waals surface area contributed by atoms with Gasteiger partial charge in [-0.1, -0.05) is 37.6 Å². The second kappa shape index (κ2) is 6.33. The van der Waals surface area contributed by atoms with Crippen LogP contribution in [0.4, 0.5) is 0 Å². The standard InChI is InChI=1S/C16H24ClNO2/c1-11(2)16(3,19)10-20-15-12(5-4-6-14(15)17)9-18-13-7-8-13/h4-6,11,13,18-19H,7-10H2,1-3H3. The third kappa shape index (κ3) is 4.11. The van der Waals surface area contributed by atoms with E-state index in [1.807, 2.05) is 32.0 Å². The average Bonchev–Trinajstić information content (AvgIpc) is 3.19. The number of nitrogens with one attached hydrogen (secondary N) is 1. The molecule has 112 valence electrons. The predicted molar refractivity (Wildman–Crippen MR) is 82.3 cm³/mol. The van der Waals surface area contributed by atoms with Crippen molar-refractivity contribution >= 4 is 11.6 Å². The summed E-state index contributed by atoms with van der Waals surface area (Å²) in [4.78, 5) is 0. The molecule has 0 spiro atoms. The SMILES string of the molecule is CC(C)C(C)(O)COc1c(Cl)cccc1CNC1CC1. The van der Waals surface area contributed by atoms with Crippen LogP contribution < -0.4 is 10.1 Å². The number of halogens is 1. The van der Waals surface area contributed by atoms with Gasteiger partial charge in [0.15, 0.2) is 0 Å². The molecule has 0 radical (unpaired) electrons. The van der Waals surface area contributed by atoms with Crippen LogP contribution >= 0.6 is 11.6 Å². The summed E-state index contributed by atoms with van der Waals surface area (Å²) in [5, 5.41) is 14.3. The number of rotatable bonds is 7. The minimum Gasteiger partial charge on any atom is -0.489 e. The molecule has 1 atom stereocenters. The van der Waals surface area contributed by atoms with Crippen molar-refractivity contribution in [3.05, 3.63) is 28.8 Å². The van der Waals surface area contributed by atoms with E-state index >= 15 is 0 Å². The monoisotopic (exact) mass is 297 g/mol. The highest BCUT2D eigenvalue weighted by Crippen LogP contribution is 2.31. The summed E-state index contributed by atoms with van der Waals surface area (Å²) >= 11 is 6.23. The van der Waals surface area contributed by atoms with Gasteiger partial charge in [0.1, 0.15) is 12.4 Å². The first-order chi connectivity index (χ1) is 9.40. The highest BCUT2D eigenvalue weighted by molar-refractivity contribution is 6.32. The van der Waals surface area contributed by atoms with Gasteiger partial charge in [-0.15, -0.1) is 0 Å². The summed E-state index contributed by atoms with van der Waals surface area (Å²) in [5.74, 6) is 0.807. The molecule has 0 bridgehead atoms. The van der Waals surface area contributed by atoms with Crippen LogP contribution in [0, 0.1) is 5.92 Å². The maximum absolute atomic E-state index is 10.3. The Morgan fingerprint density at radius 3 is 2.75 bits per heavy atom. The number of hydrogen-bond acceptors (Lipinski definition) is 3. The van der Waals surface area contributed by atoms with Crippen LogP contribution in [0.2, 0.25) is 5.02 Å². The van der Waals surface area contributed by atoms with Gasteiger partial charge in [0.25, 0.3) is 0 Å². The number of ether oxygens (including phenoxy) is 1. The molecule has 1 aromatic rings. The Morgan fingerprint density at radius 2 is 2.15 bits per heavy atom. The molecule has 0 saturated heterocycles. The third-order valence-electron chi connectivity index (χ3n) is 3.96. The Balaban J connectivity index is 2.04. The van der Waals surface area contributed by atoms with Gasteiger partial charge in [-0.2, -0.15) is 0 Å². The second-order valence-corrected chi connectivity index (χ2v) is 6.59. The first-order valence-corrected chi connectivity index (χ1v) is 7.64. The van der Waals surface area contributed by atoms with Crippen molar-refractivity contribution in [2.24, 2.45) is 5.92 Å². The van der Waals surface area contributed by atoms with E-state index in [0.29, 0.717) is 16.8 Å². The van der Waals surface area contributed by atoms with E-state index in [4.69, 9.17) is 16.3 Å². The van der Waals surface area contributed by atoms with E-state index in [9.17, 15) is 5.11 Å². The van der Waals surface area contributed by atoms with Gasteiger partial charge in [-0.25, -0.2) is 0 Å². The maximum atomic E-state index is 10.3. The molecule has 0 aliphatic heterocycles. The maximum Gasteiger partial charge on any atom is 0.142 e. The smallest absolute Gasteiger partial charge is 0.142 e. The Hall–Kier alpha value is -0.770. The van der Waals surface area contributed by atoms with Gasteiger partial charge < -0.3 is 15.2 Å². The fourth-order valence-electron chi connectivity index (χ4n) is 1.78. The molecule has 1 aromatic carbocycles. The van der Waals surface area contributed by atoms with Crippen molar-refractivity contribution in [1.29, 1.82) is 0 Å². The van der Waals surface area contributed by atoms with E-state index in [1.165, 1.54) is 12.8 Å². The first kappa shape index (κ1) is 15.6. The van der Waals surface area contributed by atoms with Crippen molar-refractivity contribution in [3.8, 4) is 5.75 Å². The molecule has 2 N–H and O–H groups in total. The van der Waals surface area contributed by atoms with E-state index in [0.717, 1.165) is 12.1 Å². The molecular weight excluding hydrogens is 274 g/mol. The number of hydrogen-bond donors (Lipinski definition) is 2.